The molecule has 1 unspecified atom stereocenters. The predicted molar refractivity (Wildman–Crippen MR) is 195 cm³/mol. The zero-order chi connectivity index (χ0) is 32.5. The van der Waals surface area contributed by atoms with Crippen LogP contribution in [-0.2, 0) is 14.3 Å². The molecule has 0 aromatic heterocycles. The fourth-order valence-corrected chi connectivity index (χ4v) is 12.7. The highest BCUT2D eigenvalue weighted by Gasteiger charge is 2.50. The second kappa shape index (κ2) is 15.5. The average molecular weight is 702 g/mol. The van der Waals surface area contributed by atoms with Gasteiger partial charge in [0.25, 0.3) is 8.32 Å². The topological polar surface area (TPSA) is 43.4 Å². The molecular weight excluding hydrogens is 656 g/mol. The summed E-state index contributed by atoms with van der Waals surface area (Å²) >= 11 is 3.52. The lowest BCUT2D eigenvalue weighted by atomic mass is 10.1. The normalized spacial score (nSPS) is 13.9. The Kier molecular flexibility index (Phi) is 12.0. The molecule has 0 bridgehead atoms. The molecule has 0 N–H and O–H groups in total. The van der Waals surface area contributed by atoms with Crippen molar-refractivity contribution < 1.29 is 12.8 Å². The summed E-state index contributed by atoms with van der Waals surface area (Å²) in [7, 11) is -6.16. The maximum Gasteiger partial charge on any atom is 0.261 e. The summed E-state index contributed by atoms with van der Waals surface area (Å²) in [4.78, 5) is 0.348. The Bertz CT molecular complexity index is 1650. The molecule has 0 aliphatic heterocycles. The van der Waals surface area contributed by atoms with Gasteiger partial charge in [0.1, 0.15) is 0 Å². The first-order valence-corrected chi connectivity index (χ1v) is 19.8. The van der Waals surface area contributed by atoms with Crippen LogP contribution < -0.4 is 10.4 Å². The molecule has 0 amide bonds. The number of allylic oxidation sites excluding steroid dienone is 3. The van der Waals surface area contributed by atoms with Gasteiger partial charge in [-0.05, 0) is 78.4 Å². The van der Waals surface area contributed by atoms with Crippen LogP contribution in [-0.4, -0.2) is 23.3 Å². The summed E-state index contributed by atoms with van der Waals surface area (Å²) in [5.74, 6) is 0. The third-order valence-electron chi connectivity index (χ3n) is 8.31. The Morgan fingerprint density at radius 2 is 1.33 bits per heavy atom. The van der Waals surface area contributed by atoms with Crippen molar-refractivity contribution in [2.24, 2.45) is 0 Å². The van der Waals surface area contributed by atoms with Crippen LogP contribution in [0.2, 0.25) is 5.04 Å². The Morgan fingerprint density at radius 3 is 1.87 bits per heavy atom. The van der Waals surface area contributed by atoms with E-state index in [1.54, 1.807) is 24.3 Å². The van der Waals surface area contributed by atoms with E-state index in [0.717, 1.165) is 22.9 Å². The Morgan fingerprint density at radius 1 is 0.778 bits per heavy atom. The summed E-state index contributed by atoms with van der Waals surface area (Å²) in [5.41, 5.74) is 3.16. The molecule has 0 saturated carbocycles. The predicted octanol–water partition coefficient (Wildman–Crippen LogP) is 9.60. The van der Waals surface area contributed by atoms with E-state index in [1.807, 2.05) is 30.3 Å². The van der Waals surface area contributed by atoms with Crippen molar-refractivity contribution in [2.45, 2.75) is 69.1 Å². The molecule has 4 rings (SSSR count). The van der Waals surface area contributed by atoms with Gasteiger partial charge >= 0.3 is 0 Å². The quantitative estimate of drug-likeness (QED) is 0.103. The second-order valence-electron chi connectivity index (χ2n) is 12.7. The smallest absolute Gasteiger partial charge is 0.261 e. The lowest BCUT2D eigenvalue weighted by Crippen LogP contribution is -2.66. The van der Waals surface area contributed by atoms with Crippen molar-refractivity contribution in [1.82, 2.24) is 0 Å². The van der Waals surface area contributed by atoms with Crippen molar-refractivity contribution in [2.75, 3.05) is 6.61 Å². The van der Waals surface area contributed by atoms with Gasteiger partial charge < -0.3 is 4.43 Å². The highest BCUT2D eigenvalue weighted by atomic mass is 79.9. The molecule has 1 atom stereocenters. The van der Waals surface area contributed by atoms with E-state index in [9.17, 15) is 8.42 Å². The van der Waals surface area contributed by atoms with E-state index in [2.05, 4.69) is 123 Å². The zero-order valence-electron chi connectivity index (χ0n) is 27.0. The van der Waals surface area contributed by atoms with Crippen molar-refractivity contribution >= 4 is 44.5 Å². The van der Waals surface area contributed by atoms with Crippen LogP contribution >= 0.6 is 15.9 Å². The van der Waals surface area contributed by atoms with Crippen LogP contribution in [0, 0.1) is 0 Å². The van der Waals surface area contributed by atoms with Crippen molar-refractivity contribution in [3.63, 3.8) is 0 Å². The molecule has 0 aliphatic carbocycles. The fourth-order valence-electron chi connectivity index (χ4n) is 5.92. The second-order valence-corrected chi connectivity index (χ2v) is 20.1. The van der Waals surface area contributed by atoms with E-state index in [0.29, 0.717) is 17.9 Å². The SMILES string of the molecule is CC(=CCC(c1cccc(Br)c1)S(=O)(=O)c1ccccc1)CC/C=C(\C)CO[Si](c1ccccc1)(c1ccccc1)C(C)(C)C. The monoisotopic (exact) mass is 700 g/mol. The van der Waals surface area contributed by atoms with E-state index in [4.69, 9.17) is 4.43 Å². The van der Waals surface area contributed by atoms with Crippen LogP contribution in [0.15, 0.2) is 148 Å². The summed E-state index contributed by atoms with van der Waals surface area (Å²) < 4.78 is 35.4. The van der Waals surface area contributed by atoms with Crippen LogP contribution in [0.5, 0.6) is 0 Å². The molecule has 0 saturated heterocycles. The van der Waals surface area contributed by atoms with Gasteiger partial charge in [-0.15, -0.1) is 0 Å². The van der Waals surface area contributed by atoms with Gasteiger partial charge in [-0.3, -0.25) is 0 Å². The molecule has 0 aliphatic rings. The summed E-state index contributed by atoms with van der Waals surface area (Å²) in [6.45, 7) is 11.7. The maximum atomic E-state index is 13.7. The molecule has 0 fully saturated rings. The molecule has 236 valence electrons. The maximum absolute atomic E-state index is 13.7. The first-order valence-electron chi connectivity index (χ1n) is 15.6. The minimum absolute atomic E-state index is 0.0692. The zero-order valence-corrected chi connectivity index (χ0v) is 30.4. The minimum Gasteiger partial charge on any atom is -0.403 e. The van der Waals surface area contributed by atoms with Gasteiger partial charge in [-0.1, -0.05) is 151 Å². The largest absolute Gasteiger partial charge is 0.403 e. The number of benzene rings is 4. The minimum atomic E-state index is -3.57. The standard InChI is InChI=1S/C39H45BrO3SSi/c1-31(27-28-38(33-19-16-20-34(40)29-33)44(41,42)35-21-9-6-10-22-35)17-15-18-32(2)30-43-45(39(3,4)5,36-23-11-7-12-24-36)37-25-13-8-14-26-37/h6-14,16,18-27,29,38H,15,17,28,30H2,1-5H3/b31-27?,32-18+. The van der Waals surface area contributed by atoms with E-state index < -0.39 is 23.4 Å². The van der Waals surface area contributed by atoms with Gasteiger partial charge in [0.05, 0.1) is 16.8 Å². The fraction of sp³-hybridized carbons (Fsp3) is 0.282. The van der Waals surface area contributed by atoms with E-state index in [1.165, 1.54) is 21.5 Å². The van der Waals surface area contributed by atoms with Gasteiger partial charge in [-0.2, -0.15) is 0 Å². The molecule has 3 nitrogen and oxygen atoms in total. The Hall–Kier alpha value is -3.03. The molecule has 45 heavy (non-hydrogen) atoms. The number of sulfone groups is 1. The highest BCUT2D eigenvalue weighted by molar-refractivity contribution is 9.10. The number of halogens is 1. The third kappa shape index (κ3) is 8.62. The van der Waals surface area contributed by atoms with E-state index in [-0.39, 0.29) is 5.04 Å². The number of rotatable bonds is 13. The van der Waals surface area contributed by atoms with Gasteiger partial charge in [0, 0.05) is 4.47 Å². The lowest BCUT2D eigenvalue weighted by molar-refractivity contribution is 0.329. The third-order valence-corrected chi connectivity index (χ3v) is 15.9. The van der Waals surface area contributed by atoms with Gasteiger partial charge in [-0.25, -0.2) is 8.42 Å². The number of hydrogen-bond acceptors (Lipinski definition) is 3. The molecular formula is C39H45BrO3SSi. The average Bonchev–Trinajstić information content (AvgIpc) is 3.02. The highest BCUT2D eigenvalue weighted by Crippen LogP contribution is 2.37. The van der Waals surface area contributed by atoms with Crippen molar-refractivity contribution in [3.8, 4) is 0 Å². The van der Waals surface area contributed by atoms with Gasteiger partial charge in [0.2, 0.25) is 0 Å². The Balaban J connectivity index is 1.48. The van der Waals surface area contributed by atoms with Crippen molar-refractivity contribution in [1.29, 1.82) is 0 Å². The molecule has 0 spiro atoms. The van der Waals surface area contributed by atoms with Crippen molar-refractivity contribution in [3.05, 3.63) is 149 Å². The van der Waals surface area contributed by atoms with Crippen LogP contribution in [0.1, 0.15) is 64.7 Å². The van der Waals surface area contributed by atoms with Gasteiger partial charge in [0.15, 0.2) is 9.84 Å². The molecule has 6 heteroatoms. The first kappa shape index (κ1) is 34.8. The van der Waals surface area contributed by atoms with E-state index >= 15 is 0 Å². The lowest BCUT2D eigenvalue weighted by Gasteiger charge is -2.43. The Labute approximate surface area is 280 Å². The summed E-state index contributed by atoms with van der Waals surface area (Å²) in [6.07, 6.45) is 6.49. The van der Waals surface area contributed by atoms with Crippen LogP contribution in [0.4, 0.5) is 0 Å². The first-order chi connectivity index (χ1) is 21.4. The van der Waals surface area contributed by atoms with Crippen LogP contribution in [0.25, 0.3) is 0 Å². The molecule has 0 radical (unpaired) electrons. The molecule has 4 aromatic carbocycles. The summed E-state index contributed by atoms with van der Waals surface area (Å²) in [6, 6.07) is 37.8. The van der Waals surface area contributed by atoms with Crippen LogP contribution in [0.3, 0.4) is 0 Å². The number of hydrogen-bond donors (Lipinski definition) is 0. The summed E-state index contributed by atoms with van der Waals surface area (Å²) in [5, 5.41) is 1.83. The molecule has 0 heterocycles. The molecule has 4 aromatic rings.